The second kappa shape index (κ2) is 24.0. The van der Waals surface area contributed by atoms with Crippen LogP contribution in [0.2, 0.25) is 0 Å². The van der Waals surface area contributed by atoms with E-state index in [9.17, 15) is 10.2 Å². The molecule has 1 heterocycles. The van der Waals surface area contributed by atoms with Gasteiger partial charge in [-0.1, -0.05) is 182 Å². The van der Waals surface area contributed by atoms with Gasteiger partial charge in [0.25, 0.3) is 0 Å². The van der Waals surface area contributed by atoms with Crippen LogP contribution in [0.4, 0.5) is 0 Å². The van der Waals surface area contributed by atoms with Gasteiger partial charge in [0.1, 0.15) is 6.10 Å². The summed E-state index contributed by atoms with van der Waals surface area (Å²) >= 11 is 0. The normalized spacial score (nSPS) is 18.9. The lowest BCUT2D eigenvalue weighted by molar-refractivity contribution is -0.327. The number of hydrogen-bond donors (Lipinski definition) is 2. The predicted molar refractivity (Wildman–Crippen MR) is 237 cm³/mol. The van der Waals surface area contributed by atoms with E-state index in [4.69, 9.17) is 33.2 Å². The van der Waals surface area contributed by atoms with Crippen molar-refractivity contribution >= 4 is 0 Å². The van der Waals surface area contributed by atoms with Gasteiger partial charge in [0.05, 0.1) is 58.5 Å². The molecule has 1 fully saturated rings. The number of benzene rings is 6. The molecule has 0 aliphatic carbocycles. The maximum absolute atomic E-state index is 12.0. The summed E-state index contributed by atoms with van der Waals surface area (Å²) < 4.78 is 48.0. The summed E-state index contributed by atoms with van der Waals surface area (Å²) in [6.07, 6.45) is -6.28. The zero-order valence-corrected chi connectivity index (χ0v) is 35.2. The molecule has 0 aromatic heterocycles. The van der Waals surface area contributed by atoms with Crippen molar-refractivity contribution < 1.29 is 43.4 Å². The number of aliphatic hydroxyl groups is 2. The molecule has 6 aromatic carbocycles. The molecule has 1 aliphatic heterocycles. The van der Waals surface area contributed by atoms with Crippen LogP contribution in [-0.2, 0) is 72.8 Å². The minimum Gasteiger partial charge on any atom is -0.391 e. The summed E-state index contributed by atoms with van der Waals surface area (Å²) in [7, 11) is 0. The first kappa shape index (κ1) is 45.0. The molecule has 2 unspecified atom stereocenters. The highest BCUT2D eigenvalue weighted by molar-refractivity contribution is 5.18. The molecule has 62 heavy (non-hydrogen) atoms. The minimum absolute atomic E-state index is 0.0772. The first-order valence-corrected chi connectivity index (χ1v) is 21.4. The Hall–Kier alpha value is -5.04. The van der Waals surface area contributed by atoms with E-state index in [2.05, 4.69) is 0 Å². The highest BCUT2D eigenvalue weighted by atomic mass is 16.7. The molecule has 0 radical (unpaired) electrons. The molecule has 0 amide bonds. The molecule has 0 bridgehead atoms. The van der Waals surface area contributed by atoms with Crippen molar-refractivity contribution in [2.75, 3.05) is 6.61 Å². The molecular weight excluding hydrogens is 781 g/mol. The molecule has 0 saturated carbocycles. The summed E-state index contributed by atoms with van der Waals surface area (Å²) in [5.41, 5.74) is 5.73. The molecule has 2 N–H and O–H groups in total. The zero-order chi connectivity index (χ0) is 42.8. The highest BCUT2D eigenvalue weighted by Crippen LogP contribution is 2.44. The van der Waals surface area contributed by atoms with Gasteiger partial charge in [0.15, 0.2) is 18.9 Å². The minimum atomic E-state index is -1.33. The smallest absolute Gasteiger partial charge is 0.164 e. The molecular formula is C53H58O9. The van der Waals surface area contributed by atoms with Gasteiger partial charge >= 0.3 is 0 Å². The van der Waals surface area contributed by atoms with Crippen LogP contribution in [0.1, 0.15) is 40.3 Å². The van der Waals surface area contributed by atoms with Crippen LogP contribution >= 0.6 is 0 Å². The van der Waals surface area contributed by atoms with Gasteiger partial charge in [-0.2, -0.15) is 0 Å². The predicted octanol–water partition coefficient (Wildman–Crippen LogP) is 9.25. The Morgan fingerprint density at radius 2 is 0.661 bits per heavy atom. The second-order valence-corrected chi connectivity index (χ2v) is 15.7. The summed E-state index contributed by atoms with van der Waals surface area (Å²) in [6, 6.07) is 59.5. The van der Waals surface area contributed by atoms with Crippen molar-refractivity contribution in [1.82, 2.24) is 0 Å². The van der Waals surface area contributed by atoms with Crippen molar-refractivity contribution in [2.24, 2.45) is 17.8 Å². The van der Waals surface area contributed by atoms with Crippen LogP contribution in [0.25, 0.3) is 0 Å². The fraction of sp³-hybridized carbons (Fsp3) is 0.321. The second-order valence-electron chi connectivity index (χ2n) is 15.7. The van der Waals surface area contributed by atoms with E-state index in [1.165, 1.54) is 0 Å². The summed E-state index contributed by atoms with van der Waals surface area (Å²) in [5.74, 6) is -2.03. The molecule has 6 aromatic rings. The van der Waals surface area contributed by atoms with Crippen LogP contribution in [0, 0.1) is 17.8 Å². The molecule has 6 atom stereocenters. The number of aliphatic hydroxyl groups excluding tert-OH is 2. The van der Waals surface area contributed by atoms with Crippen molar-refractivity contribution in [3.05, 3.63) is 215 Å². The van der Waals surface area contributed by atoms with Gasteiger partial charge in [-0.25, -0.2) is 0 Å². The third-order valence-corrected chi connectivity index (χ3v) is 11.2. The van der Waals surface area contributed by atoms with Gasteiger partial charge in [0, 0.05) is 17.8 Å². The van der Waals surface area contributed by atoms with E-state index in [1.807, 2.05) is 182 Å². The average Bonchev–Trinajstić information content (AvgIpc) is 3.33. The maximum atomic E-state index is 12.0. The Bertz CT molecular complexity index is 1960. The average molecular weight is 839 g/mol. The Morgan fingerprint density at radius 1 is 0.403 bits per heavy atom. The standard InChI is InChI=1S/C53H58O9/c1-39(54)49(55)50-48(53(61-36-44-28-16-6-17-29-44)62-37-45-30-18-7-19-31-45)47(52(59-34-42-24-12-4-13-25-42)60-35-43-26-14-5-15-27-43)46(38-56-50)51(57-32-40-20-8-2-9-21-40)58-33-41-22-10-3-11-23-41/h2-31,39,46-55H,32-38H2,1H3/t39?,46-,47-,48-,49?,50+/m0/s1. The lowest BCUT2D eigenvalue weighted by Gasteiger charge is -2.50. The molecule has 1 saturated heterocycles. The van der Waals surface area contributed by atoms with E-state index < -0.39 is 54.9 Å². The third-order valence-electron chi connectivity index (χ3n) is 11.2. The fourth-order valence-corrected chi connectivity index (χ4v) is 7.88. The first-order chi connectivity index (χ1) is 30.5. The molecule has 9 nitrogen and oxygen atoms in total. The Labute approximate surface area is 365 Å². The monoisotopic (exact) mass is 838 g/mol. The van der Waals surface area contributed by atoms with Gasteiger partial charge in [-0.3, -0.25) is 0 Å². The number of ether oxygens (including phenoxy) is 7. The van der Waals surface area contributed by atoms with Gasteiger partial charge in [0.2, 0.25) is 0 Å². The van der Waals surface area contributed by atoms with Crippen LogP contribution in [-0.4, -0.2) is 54.0 Å². The van der Waals surface area contributed by atoms with E-state index in [-0.39, 0.29) is 46.2 Å². The van der Waals surface area contributed by atoms with Gasteiger partial charge in [-0.05, 0) is 40.3 Å². The largest absolute Gasteiger partial charge is 0.391 e. The first-order valence-electron chi connectivity index (χ1n) is 21.4. The summed E-state index contributed by atoms with van der Waals surface area (Å²) in [4.78, 5) is 0. The van der Waals surface area contributed by atoms with Gasteiger partial charge < -0.3 is 43.4 Å². The van der Waals surface area contributed by atoms with Crippen molar-refractivity contribution in [1.29, 1.82) is 0 Å². The van der Waals surface area contributed by atoms with Crippen molar-refractivity contribution in [3.8, 4) is 0 Å². The van der Waals surface area contributed by atoms with Crippen molar-refractivity contribution in [2.45, 2.75) is 83.7 Å². The summed E-state index contributed by atoms with van der Waals surface area (Å²) in [6.45, 7) is 2.99. The Kier molecular flexibility index (Phi) is 17.4. The summed E-state index contributed by atoms with van der Waals surface area (Å²) in [5, 5.41) is 23.0. The highest BCUT2D eigenvalue weighted by Gasteiger charge is 2.55. The van der Waals surface area contributed by atoms with Gasteiger partial charge in [-0.15, -0.1) is 0 Å². The van der Waals surface area contributed by atoms with E-state index in [1.54, 1.807) is 6.92 Å². The topological polar surface area (TPSA) is 105 Å². The van der Waals surface area contributed by atoms with E-state index in [0.29, 0.717) is 0 Å². The van der Waals surface area contributed by atoms with E-state index >= 15 is 0 Å². The maximum Gasteiger partial charge on any atom is 0.164 e. The molecule has 9 heteroatoms. The lowest BCUT2D eigenvalue weighted by Crippen LogP contribution is -2.61. The Morgan fingerprint density at radius 3 is 0.935 bits per heavy atom. The molecule has 324 valence electrons. The van der Waals surface area contributed by atoms with Crippen LogP contribution < -0.4 is 0 Å². The molecule has 7 rings (SSSR count). The van der Waals surface area contributed by atoms with E-state index in [0.717, 1.165) is 33.4 Å². The van der Waals surface area contributed by atoms with Crippen LogP contribution in [0.15, 0.2) is 182 Å². The molecule has 0 spiro atoms. The quantitative estimate of drug-likeness (QED) is 0.0612. The number of rotatable bonds is 23. The number of hydrogen-bond acceptors (Lipinski definition) is 9. The SMILES string of the molecule is CC(O)C(O)[C@@H]1OC[C@H](C(OCc2ccccc2)OCc2ccccc2)[C@H](C(OCc2ccccc2)OCc2ccccc2)[C@@H]1C(OCc1ccccc1)OCc1ccccc1. The molecule has 1 aliphatic rings. The van der Waals surface area contributed by atoms with Crippen LogP contribution in [0.3, 0.4) is 0 Å². The fourth-order valence-electron chi connectivity index (χ4n) is 7.88. The third kappa shape index (κ3) is 13.2. The Balaban J connectivity index is 1.34. The van der Waals surface area contributed by atoms with Crippen molar-refractivity contribution in [3.63, 3.8) is 0 Å². The lowest BCUT2D eigenvalue weighted by atomic mass is 9.73. The zero-order valence-electron chi connectivity index (χ0n) is 35.2. The van der Waals surface area contributed by atoms with Crippen LogP contribution in [0.5, 0.6) is 0 Å².